The average Bonchev–Trinajstić information content (AvgIpc) is 2.17. The van der Waals surface area contributed by atoms with Gasteiger partial charge in [0.1, 0.15) is 5.82 Å². The summed E-state index contributed by atoms with van der Waals surface area (Å²) >= 11 is 0. The second-order valence-corrected chi connectivity index (χ2v) is 3.97. The number of hydrogen-bond donors (Lipinski definition) is 2. The summed E-state index contributed by atoms with van der Waals surface area (Å²) in [5.41, 5.74) is 0.801. The molecular formula is C12H18N2O2. The van der Waals surface area contributed by atoms with E-state index in [4.69, 9.17) is 5.11 Å². The van der Waals surface area contributed by atoms with E-state index in [1.807, 2.05) is 0 Å². The van der Waals surface area contributed by atoms with Gasteiger partial charge in [-0.05, 0) is 32.4 Å². The molecule has 4 heteroatoms. The molecule has 1 rings (SSSR count). The van der Waals surface area contributed by atoms with Crippen molar-refractivity contribution >= 4 is 11.8 Å². The van der Waals surface area contributed by atoms with Crippen LogP contribution in [0.3, 0.4) is 0 Å². The van der Waals surface area contributed by atoms with Crippen molar-refractivity contribution in [2.24, 2.45) is 0 Å². The zero-order valence-electron chi connectivity index (χ0n) is 9.95. The number of hydrogen-bond acceptors (Lipinski definition) is 3. The minimum absolute atomic E-state index is 0.258. The van der Waals surface area contributed by atoms with Gasteiger partial charge in [0, 0.05) is 6.04 Å². The number of pyridine rings is 1. The van der Waals surface area contributed by atoms with Crippen molar-refractivity contribution < 1.29 is 9.90 Å². The largest absolute Gasteiger partial charge is 0.478 e. The molecule has 1 aromatic rings. The van der Waals surface area contributed by atoms with Crippen molar-refractivity contribution in [1.82, 2.24) is 4.98 Å². The van der Waals surface area contributed by atoms with E-state index in [2.05, 4.69) is 24.1 Å². The van der Waals surface area contributed by atoms with E-state index < -0.39 is 5.97 Å². The Morgan fingerprint density at radius 1 is 1.56 bits per heavy atom. The average molecular weight is 222 g/mol. The Morgan fingerprint density at radius 3 is 2.75 bits per heavy atom. The van der Waals surface area contributed by atoms with Gasteiger partial charge in [0.15, 0.2) is 0 Å². The number of carbonyl (C=O) groups is 1. The lowest BCUT2D eigenvalue weighted by Crippen LogP contribution is -2.16. The molecule has 0 aromatic carbocycles. The highest BCUT2D eigenvalue weighted by Crippen LogP contribution is 2.12. The van der Waals surface area contributed by atoms with Crippen molar-refractivity contribution in [3.8, 4) is 0 Å². The third-order valence-electron chi connectivity index (χ3n) is 2.43. The number of carboxylic acid groups (broad SMARTS) is 1. The summed E-state index contributed by atoms with van der Waals surface area (Å²) < 4.78 is 0. The molecule has 16 heavy (non-hydrogen) atoms. The topological polar surface area (TPSA) is 62.2 Å². The molecule has 0 bridgehead atoms. The van der Waals surface area contributed by atoms with Crippen LogP contribution in [0.5, 0.6) is 0 Å². The second kappa shape index (κ2) is 5.49. The van der Waals surface area contributed by atoms with Gasteiger partial charge in [-0.1, -0.05) is 13.3 Å². The number of nitrogens with one attached hydrogen (secondary N) is 1. The van der Waals surface area contributed by atoms with Gasteiger partial charge < -0.3 is 10.4 Å². The number of carboxylic acids is 1. The van der Waals surface area contributed by atoms with Crippen molar-refractivity contribution in [3.63, 3.8) is 0 Å². The summed E-state index contributed by atoms with van der Waals surface area (Å²) in [7, 11) is 0. The third kappa shape index (κ3) is 3.22. The van der Waals surface area contributed by atoms with Gasteiger partial charge >= 0.3 is 5.97 Å². The summed E-state index contributed by atoms with van der Waals surface area (Å²) in [4.78, 5) is 15.0. The van der Waals surface area contributed by atoms with E-state index in [-0.39, 0.29) is 5.56 Å². The van der Waals surface area contributed by atoms with E-state index in [1.54, 1.807) is 19.1 Å². The molecule has 0 amide bonds. The molecule has 1 heterocycles. The van der Waals surface area contributed by atoms with Gasteiger partial charge in [0.2, 0.25) is 0 Å². The zero-order chi connectivity index (χ0) is 12.1. The maximum atomic E-state index is 10.8. The molecule has 0 saturated carbocycles. The Kier molecular flexibility index (Phi) is 4.28. The quantitative estimate of drug-likeness (QED) is 0.804. The van der Waals surface area contributed by atoms with Crippen LogP contribution < -0.4 is 5.32 Å². The minimum atomic E-state index is -0.932. The minimum Gasteiger partial charge on any atom is -0.478 e. The molecule has 0 radical (unpaired) electrons. The van der Waals surface area contributed by atoms with E-state index in [0.717, 1.165) is 18.7 Å². The summed E-state index contributed by atoms with van der Waals surface area (Å²) in [6, 6.07) is 3.65. The Hall–Kier alpha value is -1.58. The van der Waals surface area contributed by atoms with Crippen molar-refractivity contribution in [2.45, 2.75) is 39.7 Å². The van der Waals surface area contributed by atoms with Crippen LogP contribution in [0.1, 0.15) is 42.7 Å². The predicted octanol–water partition coefficient (Wildman–Crippen LogP) is 2.69. The highest BCUT2D eigenvalue weighted by atomic mass is 16.4. The molecule has 1 atom stereocenters. The van der Waals surface area contributed by atoms with Crippen LogP contribution in [0.2, 0.25) is 0 Å². The first kappa shape index (κ1) is 12.5. The second-order valence-electron chi connectivity index (χ2n) is 3.97. The van der Waals surface area contributed by atoms with Gasteiger partial charge in [0.05, 0.1) is 11.3 Å². The SMILES string of the molecule is CCCC(C)Nc1ccc(C(=O)O)c(C)n1. The van der Waals surface area contributed by atoms with Gasteiger partial charge in [-0.3, -0.25) is 0 Å². The summed E-state index contributed by atoms with van der Waals surface area (Å²) in [5, 5.41) is 12.1. The summed E-state index contributed by atoms with van der Waals surface area (Å²) in [6.07, 6.45) is 2.18. The number of aromatic carboxylic acids is 1. The Labute approximate surface area is 95.7 Å². The van der Waals surface area contributed by atoms with Crippen LogP contribution in [-0.4, -0.2) is 22.1 Å². The molecule has 0 fully saturated rings. The van der Waals surface area contributed by atoms with E-state index in [9.17, 15) is 4.79 Å². The van der Waals surface area contributed by atoms with E-state index in [1.165, 1.54) is 0 Å². The third-order valence-corrected chi connectivity index (χ3v) is 2.43. The molecule has 0 saturated heterocycles. The van der Waals surface area contributed by atoms with Crippen LogP contribution >= 0.6 is 0 Å². The molecule has 1 unspecified atom stereocenters. The van der Waals surface area contributed by atoms with Gasteiger partial charge in [0.25, 0.3) is 0 Å². The zero-order valence-corrected chi connectivity index (χ0v) is 9.95. The van der Waals surface area contributed by atoms with Crippen molar-refractivity contribution in [1.29, 1.82) is 0 Å². The van der Waals surface area contributed by atoms with Crippen LogP contribution in [0.4, 0.5) is 5.82 Å². The fraction of sp³-hybridized carbons (Fsp3) is 0.500. The normalized spacial score (nSPS) is 12.2. The number of aryl methyl sites for hydroxylation is 1. The fourth-order valence-corrected chi connectivity index (χ4v) is 1.63. The molecule has 0 aliphatic heterocycles. The maximum Gasteiger partial charge on any atom is 0.337 e. The molecule has 0 aliphatic rings. The Bertz CT molecular complexity index is 377. The summed E-state index contributed by atoms with van der Waals surface area (Å²) in [6.45, 7) is 5.93. The highest BCUT2D eigenvalue weighted by molar-refractivity contribution is 5.89. The molecular weight excluding hydrogens is 204 g/mol. The number of rotatable bonds is 5. The molecule has 2 N–H and O–H groups in total. The highest BCUT2D eigenvalue weighted by Gasteiger charge is 2.09. The van der Waals surface area contributed by atoms with Crippen LogP contribution in [0.15, 0.2) is 12.1 Å². The van der Waals surface area contributed by atoms with Gasteiger partial charge in [-0.2, -0.15) is 0 Å². The predicted molar refractivity (Wildman–Crippen MR) is 63.9 cm³/mol. The lowest BCUT2D eigenvalue weighted by Gasteiger charge is -2.14. The van der Waals surface area contributed by atoms with Crippen LogP contribution in [-0.2, 0) is 0 Å². The fourth-order valence-electron chi connectivity index (χ4n) is 1.63. The number of anilines is 1. The smallest absolute Gasteiger partial charge is 0.337 e. The lowest BCUT2D eigenvalue weighted by molar-refractivity contribution is 0.0695. The number of aromatic nitrogens is 1. The van der Waals surface area contributed by atoms with Crippen LogP contribution in [0, 0.1) is 6.92 Å². The summed E-state index contributed by atoms with van der Waals surface area (Å²) in [5.74, 6) is -0.193. The maximum absolute atomic E-state index is 10.8. The standard InChI is InChI=1S/C12H18N2O2/c1-4-5-8(2)13-11-7-6-10(12(15)16)9(3)14-11/h6-8H,4-5H2,1-3H3,(H,13,14)(H,15,16). The molecule has 1 aromatic heterocycles. The number of nitrogens with zero attached hydrogens (tertiary/aromatic N) is 1. The van der Waals surface area contributed by atoms with E-state index >= 15 is 0 Å². The monoisotopic (exact) mass is 222 g/mol. The first-order valence-corrected chi connectivity index (χ1v) is 5.52. The Balaban J connectivity index is 2.77. The molecule has 88 valence electrons. The van der Waals surface area contributed by atoms with Crippen molar-refractivity contribution in [3.05, 3.63) is 23.4 Å². The first-order chi connectivity index (χ1) is 7.54. The molecule has 4 nitrogen and oxygen atoms in total. The Morgan fingerprint density at radius 2 is 2.25 bits per heavy atom. The lowest BCUT2D eigenvalue weighted by atomic mass is 10.2. The van der Waals surface area contributed by atoms with Crippen molar-refractivity contribution in [2.75, 3.05) is 5.32 Å². The van der Waals surface area contributed by atoms with Gasteiger partial charge in [-0.15, -0.1) is 0 Å². The first-order valence-electron chi connectivity index (χ1n) is 5.52. The van der Waals surface area contributed by atoms with Gasteiger partial charge in [-0.25, -0.2) is 9.78 Å². The molecule has 0 spiro atoms. The molecule has 0 aliphatic carbocycles. The van der Waals surface area contributed by atoms with Crippen LogP contribution in [0.25, 0.3) is 0 Å². The van der Waals surface area contributed by atoms with E-state index in [0.29, 0.717) is 11.7 Å².